The second kappa shape index (κ2) is 13.0. The van der Waals surface area contributed by atoms with Gasteiger partial charge in [-0.15, -0.1) is 0 Å². The first kappa shape index (κ1) is 27.2. The number of carbonyl (C=O) groups is 2. The molecule has 2 rings (SSSR count). The quantitative estimate of drug-likeness (QED) is 0.397. The van der Waals surface area contributed by atoms with E-state index >= 15 is 0 Å². The molecule has 0 fully saturated rings. The van der Waals surface area contributed by atoms with E-state index in [-0.39, 0.29) is 12.3 Å². The highest BCUT2D eigenvalue weighted by molar-refractivity contribution is 6.04. The number of carboxylic acids is 1. The third kappa shape index (κ3) is 8.06. The fourth-order valence-electron chi connectivity index (χ4n) is 3.39. The minimum Gasteiger partial charge on any atom is -0.481 e. The zero-order valence-corrected chi connectivity index (χ0v) is 20.7. The van der Waals surface area contributed by atoms with Crippen LogP contribution in [0.5, 0.6) is 0 Å². The molecule has 0 aliphatic heterocycles. The summed E-state index contributed by atoms with van der Waals surface area (Å²) in [7, 11) is 8.84. The Hall–Kier alpha value is -4.01. The van der Waals surface area contributed by atoms with Gasteiger partial charge in [0.15, 0.2) is 0 Å². The number of amidine groups is 1. The molecule has 0 heterocycles. The van der Waals surface area contributed by atoms with Crippen molar-refractivity contribution in [1.82, 2.24) is 9.80 Å². The summed E-state index contributed by atoms with van der Waals surface area (Å²) >= 11 is 0. The molecule has 35 heavy (non-hydrogen) atoms. The van der Waals surface area contributed by atoms with Gasteiger partial charge in [0.25, 0.3) is 5.91 Å². The van der Waals surface area contributed by atoms with E-state index in [1.54, 1.807) is 87.7 Å². The standard InChI is InChI=1S/C26H32FN5O3/c1-28-24(31(2)3)22(16-23(33)34)25(32(4)5)29-15-14-18-8-12-21(13-9-18)30-26(35)20-10-6-19(17-27)7-11-20/h6-13,15H,14,16-17H2,1-5H3,(H,30,35)(H,33,34)/b25-22+,28-24+,29-15+. The van der Waals surface area contributed by atoms with E-state index in [9.17, 15) is 19.1 Å². The summed E-state index contributed by atoms with van der Waals surface area (Å²) in [5, 5.41) is 12.2. The maximum atomic E-state index is 12.6. The van der Waals surface area contributed by atoms with Crippen molar-refractivity contribution in [3.05, 3.63) is 76.6 Å². The van der Waals surface area contributed by atoms with Crippen LogP contribution in [0, 0.1) is 0 Å². The van der Waals surface area contributed by atoms with Crippen molar-refractivity contribution in [2.24, 2.45) is 9.98 Å². The number of halogens is 1. The fraction of sp³-hybridized carbons (Fsp3) is 0.308. The Labute approximate surface area is 205 Å². The van der Waals surface area contributed by atoms with Gasteiger partial charge in [0.1, 0.15) is 18.3 Å². The van der Waals surface area contributed by atoms with Crippen molar-refractivity contribution in [3.8, 4) is 0 Å². The molecule has 0 atom stereocenters. The predicted octanol–water partition coefficient (Wildman–Crippen LogP) is 3.86. The van der Waals surface area contributed by atoms with Gasteiger partial charge < -0.3 is 20.2 Å². The molecular formula is C26H32FN5O3. The highest BCUT2D eigenvalue weighted by Crippen LogP contribution is 2.17. The summed E-state index contributed by atoms with van der Waals surface area (Å²) in [5.74, 6) is -0.170. The molecule has 186 valence electrons. The normalized spacial score (nSPS) is 12.3. The number of likely N-dealkylation sites (N-methyl/N-ethyl adjacent to an activating group) is 1. The molecular weight excluding hydrogens is 449 g/mol. The van der Waals surface area contributed by atoms with Gasteiger partial charge in [0.05, 0.1) is 6.42 Å². The first-order chi connectivity index (χ1) is 16.7. The number of nitrogens with zero attached hydrogens (tertiary/aromatic N) is 4. The maximum absolute atomic E-state index is 12.6. The number of carboxylic acid groups (broad SMARTS) is 1. The average molecular weight is 482 g/mol. The van der Waals surface area contributed by atoms with E-state index in [2.05, 4.69) is 15.3 Å². The number of alkyl halides is 1. The highest BCUT2D eigenvalue weighted by atomic mass is 19.1. The molecule has 0 saturated heterocycles. The molecule has 0 spiro atoms. The maximum Gasteiger partial charge on any atom is 0.308 e. The Morgan fingerprint density at radius 1 is 0.971 bits per heavy atom. The van der Waals surface area contributed by atoms with E-state index in [1.807, 2.05) is 12.1 Å². The average Bonchev–Trinajstić information content (AvgIpc) is 2.82. The van der Waals surface area contributed by atoms with Crippen molar-refractivity contribution >= 4 is 29.6 Å². The lowest BCUT2D eigenvalue weighted by Gasteiger charge is -2.23. The number of amides is 1. The van der Waals surface area contributed by atoms with Gasteiger partial charge in [0, 0.05) is 64.7 Å². The molecule has 2 aromatic rings. The van der Waals surface area contributed by atoms with E-state index in [0.29, 0.717) is 40.5 Å². The third-order valence-corrected chi connectivity index (χ3v) is 5.05. The number of anilines is 1. The van der Waals surface area contributed by atoms with Crippen LogP contribution in [0.15, 0.2) is 69.9 Å². The molecule has 0 bridgehead atoms. The van der Waals surface area contributed by atoms with Crippen LogP contribution in [0.1, 0.15) is 27.9 Å². The summed E-state index contributed by atoms with van der Waals surface area (Å²) in [5.41, 5.74) is 3.09. The number of rotatable bonds is 10. The largest absolute Gasteiger partial charge is 0.481 e. The lowest BCUT2D eigenvalue weighted by molar-refractivity contribution is -0.136. The summed E-state index contributed by atoms with van der Waals surface area (Å²) in [6.45, 7) is -0.567. The summed E-state index contributed by atoms with van der Waals surface area (Å²) in [4.78, 5) is 36.2. The highest BCUT2D eigenvalue weighted by Gasteiger charge is 2.19. The van der Waals surface area contributed by atoms with Crippen LogP contribution >= 0.6 is 0 Å². The molecule has 0 saturated carbocycles. The van der Waals surface area contributed by atoms with Crippen LogP contribution in [-0.4, -0.2) is 74.1 Å². The van der Waals surface area contributed by atoms with Crippen LogP contribution in [-0.2, 0) is 17.9 Å². The smallest absolute Gasteiger partial charge is 0.308 e. The Morgan fingerprint density at radius 2 is 1.57 bits per heavy atom. The van der Waals surface area contributed by atoms with Gasteiger partial charge in [-0.3, -0.25) is 14.6 Å². The number of hydrogen-bond donors (Lipinski definition) is 2. The van der Waals surface area contributed by atoms with Gasteiger partial charge in [-0.1, -0.05) is 24.3 Å². The van der Waals surface area contributed by atoms with Gasteiger partial charge in [-0.2, -0.15) is 0 Å². The van der Waals surface area contributed by atoms with Crippen LogP contribution in [0.2, 0.25) is 0 Å². The van der Waals surface area contributed by atoms with Crippen LogP contribution in [0.25, 0.3) is 0 Å². The molecule has 0 aliphatic carbocycles. The Morgan fingerprint density at radius 3 is 2.06 bits per heavy atom. The number of hydrogen-bond acceptors (Lipinski definition) is 5. The van der Waals surface area contributed by atoms with Crippen molar-refractivity contribution in [3.63, 3.8) is 0 Å². The van der Waals surface area contributed by atoms with Crippen molar-refractivity contribution in [1.29, 1.82) is 0 Å². The molecule has 1 amide bonds. The topological polar surface area (TPSA) is 97.6 Å². The molecule has 0 aliphatic rings. The molecule has 2 N–H and O–H groups in total. The number of benzene rings is 2. The zero-order valence-electron chi connectivity index (χ0n) is 20.7. The van der Waals surface area contributed by atoms with Gasteiger partial charge in [-0.05, 0) is 35.4 Å². The molecule has 2 aromatic carbocycles. The van der Waals surface area contributed by atoms with Crippen molar-refractivity contribution < 1.29 is 19.1 Å². The molecule has 9 heteroatoms. The fourth-order valence-corrected chi connectivity index (χ4v) is 3.39. The van der Waals surface area contributed by atoms with E-state index in [1.165, 1.54) is 0 Å². The minimum atomic E-state index is -0.964. The first-order valence-electron chi connectivity index (χ1n) is 11.0. The van der Waals surface area contributed by atoms with Crippen LogP contribution in [0.3, 0.4) is 0 Å². The SMILES string of the molecule is C\N=C(/C(CC(=O)O)=C(\N=C\Cc1ccc(NC(=O)c2ccc(CF)cc2)cc1)N(C)C)N(C)C. The first-order valence-corrected chi connectivity index (χ1v) is 11.0. The Kier molecular flexibility index (Phi) is 10.1. The monoisotopic (exact) mass is 481 g/mol. The predicted molar refractivity (Wildman–Crippen MR) is 138 cm³/mol. The molecule has 0 unspecified atom stereocenters. The van der Waals surface area contributed by atoms with Crippen LogP contribution < -0.4 is 5.32 Å². The van der Waals surface area contributed by atoms with Gasteiger partial charge in [-0.25, -0.2) is 9.38 Å². The van der Waals surface area contributed by atoms with Crippen molar-refractivity contribution in [2.45, 2.75) is 19.5 Å². The Bertz CT molecular complexity index is 1100. The second-order valence-electron chi connectivity index (χ2n) is 8.21. The van der Waals surface area contributed by atoms with Crippen LogP contribution in [0.4, 0.5) is 10.1 Å². The van der Waals surface area contributed by atoms with Crippen molar-refractivity contribution in [2.75, 3.05) is 40.6 Å². The lowest BCUT2D eigenvalue weighted by atomic mass is 10.1. The Balaban J connectivity index is 2.14. The van der Waals surface area contributed by atoms with Gasteiger partial charge >= 0.3 is 5.97 Å². The van der Waals surface area contributed by atoms with Gasteiger partial charge in [0.2, 0.25) is 0 Å². The molecule has 0 radical (unpaired) electrons. The van der Waals surface area contributed by atoms with E-state index < -0.39 is 12.6 Å². The lowest BCUT2D eigenvalue weighted by Crippen LogP contribution is -2.28. The summed E-state index contributed by atoms with van der Waals surface area (Å²) < 4.78 is 12.6. The number of carbonyl (C=O) groups excluding carboxylic acids is 1. The van der Waals surface area contributed by atoms with E-state index in [4.69, 9.17) is 0 Å². The number of aliphatic carboxylic acids is 1. The molecule has 0 aromatic heterocycles. The second-order valence-corrected chi connectivity index (χ2v) is 8.21. The summed E-state index contributed by atoms with van der Waals surface area (Å²) in [6, 6.07) is 13.7. The zero-order chi connectivity index (χ0) is 26.0. The summed E-state index contributed by atoms with van der Waals surface area (Å²) in [6.07, 6.45) is 2.03. The third-order valence-electron chi connectivity index (χ3n) is 5.05. The minimum absolute atomic E-state index is 0.208. The number of aliphatic imine (C=N–C) groups is 2. The van der Waals surface area contributed by atoms with E-state index in [0.717, 1.165) is 5.56 Å². The number of nitrogens with one attached hydrogen (secondary N) is 1. The molecule has 8 nitrogen and oxygen atoms in total.